The van der Waals surface area contributed by atoms with Crippen molar-refractivity contribution in [3.63, 3.8) is 0 Å². The van der Waals surface area contributed by atoms with Crippen molar-refractivity contribution < 1.29 is 33.3 Å². The lowest BCUT2D eigenvalue weighted by atomic mass is 9.71. The van der Waals surface area contributed by atoms with Crippen LogP contribution < -0.4 is 24.3 Å². The molecule has 0 bridgehead atoms. The average molecular weight is 508 g/mol. The summed E-state index contributed by atoms with van der Waals surface area (Å²) in [6.07, 6.45) is 0.876. The van der Waals surface area contributed by atoms with Gasteiger partial charge in [0.2, 0.25) is 0 Å². The molecule has 1 aliphatic carbocycles. The molecule has 8 nitrogen and oxygen atoms in total. The Morgan fingerprint density at radius 2 is 1.62 bits per heavy atom. The van der Waals surface area contributed by atoms with Crippen molar-refractivity contribution in [3.05, 3.63) is 70.1 Å². The molecule has 2 aliphatic rings. The molecule has 2 atom stereocenters. The first-order valence-corrected chi connectivity index (χ1v) is 12.2. The topological polar surface area (TPSA) is 92.3 Å². The van der Waals surface area contributed by atoms with Crippen molar-refractivity contribution in [1.29, 1.82) is 0 Å². The van der Waals surface area contributed by atoms with E-state index in [9.17, 15) is 9.59 Å². The molecular formula is C29H33NO7. The third-order valence-electron chi connectivity index (χ3n) is 6.95. The largest absolute Gasteiger partial charge is 0.497 e. The van der Waals surface area contributed by atoms with Gasteiger partial charge in [-0.05, 0) is 62.1 Å². The molecule has 0 fully saturated rings. The molecule has 1 aliphatic heterocycles. The molecule has 0 aromatic heterocycles. The smallest absolute Gasteiger partial charge is 0.336 e. The molecular weight excluding hydrogens is 474 g/mol. The number of allylic oxidation sites excluding steroid dienone is 3. The number of dihydropyridines is 1. The van der Waals surface area contributed by atoms with E-state index < -0.39 is 11.9 Å². The quantitative estimate of drug-likeness (QED) is 0.517. The summed E-state index contributed by atoms with van der Waals surface area (Å²) in [6.45, 7) is 3.81. The number of ether oxygens (including phenoxy) is 5. The van der Waals surface area contributed by atoms with Gasteiger partial charge in [-0.3, -0.25) is 4.79 Å². The van der Waals surface area contributed by atoms with E-state index in [2.05, 4.69) is 5.32 Å². The van der Waals surface area contributed by atoms with E-state index in [0.717, 1.165) is 11.3 Å². The molecule has 196 valence electrons. The Kier molecular flexibility index (Phi) is 7.76. The van der Waals surface area contributed by atoms with E-state index in [1.54, 1.807) is 47.5 Å². The predicted molar refractivity (Wildman–Crippen MR) is 138 cm³/mol. The summed E-state index contributed by atoms with van der Waals surface area (Å²) < 4.78 is 27.4. The van der Waals surface area contributed by atoms with Crippen LogP contribution in [0.25, 0.3) is 0 Å². The van der Waals surface area contributed by atoms with Gasteiger partial charge in [0.25, 0.3) is 0 Å². The highest BCUT2D eigenvalue weighted by molar-refractivity contribution is 6.04. The number of rotatable bonds is 8. The van der Waals surface area contributed by atoms with Crippen molar-refractivity contribution in [2.45, 2.75) is 38.5 Å². The second kappa shape index (κ2) is 11.0. The standard InChI is InChI=1S/C29H33NO7/c1-7-37-29(32)26-16(2)30-21-12-18(17-8-10-24(35-5)25(14-17)36-6)13-22(31)28(21)27(26)20-15-19(33-3)9-11-23(20)34-4/h8-11,14-15,18,27,30H,7,12-13H2,1-6H3/t18-,27+/m0/s1. The molecule has 4 rings (SSSR count). The number of benzene rings is 2. The van der Waals surface area contributed by atoms with Crippen molar-refractivity contribution >= 4 is 11.8 Å². The summed E-state index contributed by atoms with van der Waals surface area (Å²) in [5.41, 5.74) is 4.04. The molecule has 2 aromatic carbocycles. The molecule has 2 aromatic rings. The number of hydrogen-bond donors (Lipinski definition) is 1. The van der Waals surface area contributed by atoms with Crippen molar-refractivity contribution in [3.8, 4) is 23.0 Å². The number of hydrogen-bond acceptors (Lipinski definition) is 8. The molecule has 0 amide bonds. The van der Waals surface area contributed by atoms with Gasteiger partial charge in [0.15, 0.2) is 17.3 Å². The highest BCUT2D eigenvalue weighted by Gasteiger charge is 2.42. The number of esters is 1. The summed E-state index contributed by atoms with van der Waals surface area (Å²) in [5.74, 6) is 1.17. The zero-order chi connectivity index (χ0) is 26.7. The van der Waals surface area contributed by atoms with Gasteiger partial charge in [0.05, 0.1) is 46.5 Å². The molecule has 0 radical (unpaired) electrons. The van der Waals surface area contributed by atoms with Gasteiger partial charge >= 0.3 is 5.97 Å². The van der Waals surface area contributed by atoms with E-state index in [4.69, 9.17) is 23.7 Å². The molecule has 37 heavy (non-hydrogen) atoms. The summed E-state index contributed by atoms with van der Waals surface area (Å²) in [7, 11) is 6.33. The molecule has 0 saturated heterocycles. The van der Waals surface area contributed by atoms with Crippen LogP contribution in [0.5, 0.6) is 23.0 Å². The molecule has 0 saturated carbocycles. The number of carbonyl (C=O) groups excluding carboxylic acids is 2. The van der Waals surface area contributed by atoms with Crippen LogP contribution in [-0.2, 0) is 14.3 Å². The van der Waals surface area contributed by atoms with E-state index in [1.165, 1.54) is 0 Å². The number of ketones is 1. The minimum Gasteiger partial charge on any atom is -0.497 e. The lowest BCUT2D eigenvalue weighted by Crippen LogP contribution is -2.36. The van der Waals surface area contributed by atoms with E-state index in [1.807, 2.05) is 31.2 Å². The maximum atomic E-state index is 13.9. The summed E-state index contributed by atoms with van der Waals surface area (Å²) >= 11 is 0. The Morgan fingerprint density at radius 3 is 2.27 bits per heavy atom. The fourth-order valence-electron chi connectivity index (χ4n) is 5.24. The monoisotopic (exact) mass is 507 g/mol. The summed E-state index contributed by atoms with van der Waals surface area (Å²) in [5, 5.41) is 3.36. The average Bonchev–Trinajstić information content (AvgIpc) is 2.91. The fraction of sp³-hybridized carbons (Fsp3) is 0.379. The maximum absolute atomic E-state index is 13.9. The van der Waals surface area contributed by atoms with Crippen LogP contribution >= 0.6 is 0 Å². The van der Waals surface area contributed by atoms with Gasteiger partial charge in [-0.1, -0.05) is 6.07 Å². The Morgan fingerprint density at radius 1 is 0.919 bits per heavy atom. The lowest BCUT2D eigenvalue weighted by molar-refractivity contribution is -0.138. The first-order valence-electron chi connectivity index (χ1n) is 12.2. The van der Waals surface area contributed by atoms with Crippen LogP contribution in [0.3, 0.4) is 0 Å². The van der Waals surface area contributed by atoms with Gasteiger partial charge in [0.1, 0.15) is 11.5 Å². The van der Waals surface area contributed by atoms with E-state index >= 15 is 0 Å². The lowest BCUT2D eigenvalue weighted by Gasteiger charge is -2.37. The van der Waals surface area contributed by atoms with Crippen LogP contribution in [0.1, 0.15) is 49.7 Å². The highest BCUT2D eigenvalue weighted by atomic mass is 16.5. The van der Waals surface area contributed by atoms with Crippen LogP contribution in [-0.4, -0.2) is 46.8 Å². The second-order valence-corrected chi connectivity index (χ2v) is 8.96. The number of carbonyl (C=O) groups is 2. The second-order valence-electron chi connectivity index (χ2n) is 8.96. The Bertz CT molecular complexity index is 1280. The number of Topliss-reactive ketones (excluding diaryl/α,β-unsaturated/α-hetero) is 1. The molecule has 1 N–H and O–H groups in total. The van der Waals surface area contributed by atoms with Crippen LogP contribution in [0, 0.1) is 0 Å². The Labute approximate surface area is 217 Å². The molecule has 8 heteroatoms. The third kappa shape index (κ3) is 4.88. The summed E-state index contributed by atoms with van der Waals surface area (Å²) in [4.78, 5) is 27.1. The van der Waals surface area contributed by atoms with Gasteiger partial charge < -0.3 is 29.0 Å². The third-order valence-corrected chi connectivity index (χ3v) is 6.95. The zero-order valence-electron chi connectivity index (χ0n) is 22.1. The van der Waals surface area contributed by atoms with Crippen molar-refractivity contribution in [2.24, 2.45) is 0 Å². The van der Waals surface area contributed by atoms with Gasteiger partial charge in [-0.15, -0.1) is 0 Å². The number of methoxy groups -OCH3 is 4. The molecule has 1 heterocycles. The molecule has 0 spiro atoms. The predicted octanol–water partition coefficient (Wildman–Crippen LogP) is 4.65. The van der Waals surface area contributed by atoms with Gasteiger partial charge in [-0.25, -0.2) is 4.79 Å². The van der Waals surface area contributed by atoms with E-state index in [0.29, 0.717) is 51.8 Å². The van der Waals surface area contributed by atoms with Gasteiger partial charge in [-0.2, -0.15) is 0 Å². The van der Waals surface area contributed by atoms with E-state index in [-0.39, 0.29) is 24.7 Å². The number of nitrogens with one attached hydrogen (secondary N) is 1. The molecule has 0 unspecified atom stereocenters. The van der Waals surface area contributed by atoms with Crippen molar-refractivity contribution in [2.75, 3.05) is 35.0 Å². The SMILES string of the molecule is CCOC(=O)C1=C(C)NC2=C(C(=O)C[C@@H](c3ccc(OC)c(OC)c3)C2)[C@@H]1c1cc(OC)ccc1OC. The normalized spacial score (nSPS) is 19.1. The first kappa shape index (κ1) is 26.1. The Balaban J connectivity index is 1.84. The van der Waals surface area contributed by atoms with Crippen LogP contribution in [0.2, 0.25) is 0 Å². The van der Waals surface area contributed by atoms with Gasteiger partial charge in [0, 0.05) is 29.0 Å². The first-order chi connectivity index (χ1) is 17.9. The minimum absolute atomic E-state index is 0.0438. The van der Waals surface area contributed by atoms with Crippen molar-refractivity contribution in [1.82, 2.24) is 5.32 Å². The minimum atomic E-state index is -0.654. The Hall–Kier alpha value is -3.94. The van der Waals surface area contributed by atoms with Crippen LogP contribution in [0.15, 0.2) is 58.9 Å². The summed E-state index contributed by atoms with van der Waals surface area (Å²) in [6, 6.07) is 11.1. The zero-order valence-corrected chi connectivity index (χ0v) is 22.1. The highest BCUT2D eigenvalue weighted by Crippen LogP contribution is 2.48. The van der Waals surface area contributed by atoms with Crippen LogP contribution in [0.4, 0.5) is 0 Å². The fourth-order valence-corrected chi connectivity index (χ4v) is 5.24. The maximum Gasteiger partial charge on any atom is 0.336 e.